The van der Waals surface area contributed by atoms with Crippen molar-refractivity contribution in [2.45, 2.75) is 25.8 Å². The van der Waals surface area contributed by atoms with E-state index in [1.165, 1.54) is 12.0 Å². The van der Waals surface area contributed by atoms with Gasteiger partial charge in [-0.2, -0.15) is 0 Å². The van der Waals surface area contributed by atoms with Crippen molar-refractivity contribution in [1.82, 2.24) is 4.90 Å². The molecule has 0 aliphatic carbocycles. The molecule has 1 aliphatic rings. The van der Waals surface area contributed by atoms with Crippen molar-refractivity contribution in [3.8, 4) is 5.75 Å². The number of hydrogen-bond donors (Lipinski definition) is 1. The van der Waals surface area contributed by atoms with Gasteiger partial charge < -0.3 is 19.2 Å². The number of unbranched alkanes of at least 4 members (excludes halogenated alkanes) is 1. The van der Waals surface area contributed by atoms with Gasteiger partial charge >= 0.3 is 0 Å². The van der Waals surface area contributed by atoms with Crippen LogP contribution in [0.25, 0.3) is 11.0 Å². The molecule has 154 valence electrons. The Balaban J connectivity index is 1.83. The summed E-state index contributed by atoms with van der Waals surface area (Å²) in [4.78, 5) is 27.9. The Morgan fingerprint density at radius 2 is 1.90 bits per heavy atom. The first-order chi connectivity index (χ1) is 14.6. The zero-order valence-electron chi connectivity index (χ0n) is 16.9. The minimum absolute atomic E-state index is 0.0136. The number of carbonyl (C=O) groups excluding carboxylic acids is 2. The van der Waals surface area contributed by atoms with E-state index < -0.39 is 23.5 Å². The van der Waals surface area contributed by atoms with Gasteiger partial charge in [0.15, 0.2) is 11.5 Å². The van der Waals surface area contributed by atoms with Crippen molar-refractivity contribution in [3.63, 3.8) is 0 Å². The van der Waals surface area contributed by atoms with Crippen LogP contribution in [0.5, 0.6) is 5.75 Å². The summed E-state index contributed by atoms with van der Waals surface area (Å²) in [5.74, 6) is -0.970. The maximum Gasteiger partial charge on any atom is 0.290 e. The Kier molecular flexibility index (Phi) is 5.31. The van der Waals surface area contributed by atoms with E-state index in [9.17, 15) is 14.7 Å². The predicted octanol–water partition coefficient (Wildman–Crippen LogP) is 4.82. The number of rotatable bonds is 7. The topological polar surface area (TPSA) is 80.0 Å². The minimum atomic E-state index is -0.749. The van der Waals surface area contributed by atoms with E-state index in [0.29, 0.717) is 23.4 Å². The fraction of sp³-hybridized carbons (Fsp3) is 0.250. The van der Waals surface area contributed by atoms with E-state index in [1.54, 1.807) is 24.3 Å². The van der Waals surface area contributed by atoms with Gasteiger partial charge in [-0.15, -0.1) is 0 Å². The van der Waals surface area contributed by atoms with E-state index in [4.69, 9.17) is 9.15 Å². The number of benzene rings is 2. The van der Waals surface area contributed by atoms with Gasteiger partial charge in [-0.05, 0) is 24.6 Å². The van der Waals surface area contributed by atoms with Crippen molar-refractivity contribution in [2.75, 3.05) is 13.7 Å². The molecule has 3 aromatic rings. The van der Waals surface area contributed by atoms with Crippen molar-refractivity contribution < 1.29 is 23.8 Å². The monoisotopic (exact) mass is 405 g/mol. The smallest absolute Gasteiger partial charge is 0.290 e. The van der Waals surface area contributed by atoms with E-state index in [-0.39, 0.29) is 11.3 Å². The van der Waals surface area contributed by atoms with E-state index in [2.05, 4.69) is 0 Å². The number of furan rings is 1. The van der Waals surface area contributed by atoms with Crippen LogP contribution in [0.2, 0.25) is 0 Å². The molecule has 30 heavy (non-hydrogen) atoms. The molecule has 1 amide bonds. The highest BCUT2D eigenvalue weighted by atomic mass is 16.5. The first-order valence-corrected chi connectivity index (χ1v) is 9.97. The number of ether oxygens (including phenoxy) is 1. The molecule has 6 nitrogen and oxygen atoms in total. The molecule has 2 heterocycles. The minimum Gasteiger partial charge on any atom is -0.503 e. The number of nitrogens with zero attached hydrogens (tertiary/aromatic N) is 1. The molecule has 0 radical (unpaired) electrons. The third-order valence-corrected chi connectivity index (χ3v) is 5.38. The van der Waals surface area contributed by atoms with Crippen LogP contribution in [0.15, 0.2) is 70.3 Å². The molecule has 1 aliphatic heterocycles. The van der Waals surface area contributed by atoms with Crippen molar-refractivity contribution in [3.05, 3.63) is 77.3 Å². The molecule has 6 heteroatoms. The number of hydrogen-bond acceptors (Lipinski definition) is 5. The van der Waals surface area contributed by atoms with Gasteiger partial charge in [-0.1, -0.05) is 49.7 Å². The number of aliphatic hydroxyl groups is 1. The maximum atomic E-state index is 13.4. The zero-order chi connectivity index (χ0) is 21.3. The summed E-state index contributed by atoms with van der Waals surface area (Å²) in [6.45, 7) is 2.44. The normalized spacial score (nSPS) is 16.5. The fourth-order valence-electron chi connectivity index (χ4n) is 3.89. The van der Waals surface area contributed by atoms with Crippen LogP contribution in [0.1, 0.15) is 41.9 Å². The van der Waals surface area contributed by atoms with Gasteiger partial charge in [0.05, 0.1) is 18.7 Å². The summed E-state index contributed by atoms with van der Waals surface area (Å²) in [5, 5.41) is 11.5. The zero-order valence-corrected chi connectivity index (χ0v) is 16.9. The van der Waals surface area contributed by atoms with Crippen LogP contribution < -0.4 is 4.74 Å². The number of fused-ring (bicyclic) bond motifs is 1. The number of amides is 1. The molecule has 1 unspecified atom stereocenters. The second-order valence-electron chi connectivity index (χ2n) is 7.24. The summed E-state index contributed by atoms with van der Waals surface area (Å²) in [7, 11) is 1.54. The Labute approximate surface area is 174 Å². The third-order valence-electron chi connectivity index (χ3n) is 5.38. The largest absolute Gasteiger partial charge is 0.503 e. The van der Waals surface area contributed by atoms with Crippen molar-refractivity contribution >= 4 is 22.7 Å². The van der Waals surface area contributed by atoms with Crippen LogP contribution in [0.4, 0.5) is 0 Å². The van der Waals surface area contributed by atoms with Crippen LogP contribution >= 0.6 is 0 Å². The Bertz CT molecular complexity index is 1110. The van der Waals surface area contributed by atoms with Gasteiger partial charge in [0.25, 0.3) is 5.91 Å². The first-order valence-electron chi connectivity index (χ1n) is 9.97. The molecule has 0 saturated carbocycles. The highest BCUT2D eigenvalue weighted by molar-refractivity contribution is 6.16. The summed E-state index contributed by atoms with van der Waals surface area (Å²) in [6.07, 6.45) is 1.62. The Hall–Kier alpha value is -3.54. The van der Waals surface area contributed by atoms with E-state index in [0.717, 1.165) is 18.2 Å². The Morgan fingerprint density at radius 1 is 1.17 bits per heavy atom. The van der Waals surface area contributed by atoms with Crippen molar-refractivity contribution in [1.29, 1.82) is 0 Å². The first kappa shape index (κ1) is 19.8. The Morgan fingerprint density at radius 3 is 2.63 bits per heavy atom. The van der Waals surface area contributed by atoms with Crippen LogP contribution in [0, 0.1) is 0 Å². The number of Topliss-reactive ketones (excluding diaryl/α,β-unsaturated/α-hetero) is 1. The third kappa shape index (κ3) is 3.24. The molecular weight excluding hydrogens is 382 g/mol. The summed E-state index contributed by atoms with van der Waals surface area (Å²) >= 11 is 0. The number of aliphatic hydroxyl groups excluding tert-OH is 1. The number of ketones is 1. The lowest BCUT2D eigenvalue weighted by molar-refractivity contribution is -0.129. The molecule has 0 saturated heterocycles. The quantitative estimate of drug-likeness (QED) is 0.570. The lowest BCUT2D eigenvalue weighted by atomic mass is 9.94. The summed E-state index contributed by atoms with van der Waals surface area (Å²) in [5.41, 5.74) is 1.23. The van der Waals surface area contributed by atoms with Crippen LogP contribution in [-0.2, 0) is 4.79 Å². The van der Waals surface area contributed by atoms with Gasteiger partial charge in [-0.3, -0.25) is 9.59 Å². The second-order valence-corrected chi connectivity index (χ2v) is 7.24. The average Bonchev–Trinajstić information content (AvgIpc) is 3.31. The average molecular weight is 405 g/mol. The highest BCUT2D eigenvalue weighted by Crippen LogP contribution is 2.42. The van der Waals surface area contributed by atoms with Crippen molar-refractivity contribution in [2.24, 2.45) is 0 Å². The lowest BCUT2D eigenvalue weighted by Crippen LogP contribution is -2.32. The van der Waals surface area contributed by atoms with E-state index >= 15 is 0 Å². The second kappa shape index (κ2) is 8.06. The molecule has 1 atom stereocenters. The summed E-state index contributed by atoms with van der Waals surface area (Å²) < 4.78 is 11.2. The summed E-state index contributed by atoms with van der Waals surface area (Å²) in [6, 6.07) is 15.4. The molecule has 2 aromatic carbocycles. The maximum absolute atomic E-state index is 13.4. The molecular formula is C24H23NO5. The molecule has 1 aromatic heterocycles. The molecule has 0 bridgehead atoms. The molecule has 0 fully saturated rings. The van der Waals surface area contributed by atoms with Gasteiger partial charge in [0, 0.05) is 17.5 Å². The van der Waals surface area contributed by atoms with Gasteiger partial charge in [0.2, 0.25) is 5.78 Å². The molecule has 1 N–H and O–H groups in total. The van der Waals surface area contributed by atoms with Gasteiger partial charge in [0.1, 0.15) is 11.3 Å². The predicted molar refractivity (Wildman–Crippen MR) is 113 cm³/mol. The van der Waals surface area contributed by atoms with Crippen LogP contribution in [0.3, 0.4) is 0 Å². The standard InChI is InChI=1S/C24H23NO5/c1-3-4-13-25-21(16-10-6-8-12-18(16)29-2)20(23(27)24(25)28)22(26)19-14-15-9-5-7-11-17(15)30-19/h5-12,14,21,27H,3-4,13H2,1-2H3. The number of para-hydroxylation sites is 2. The molecule has 0 spiro atoms. The SMILES string of the molecule is CCCCN1C(=O)C(O)=C(C(=O)c2cc3ccccc3o2)C1c1ccccc1OC. The fourth-order valence-corrected chi connectivity index (χ4v) is 3.89. The number of carbonyl (C=O) groups is 2. The lowest BCUT2D eigenvalue weighted by Gasteiger charge is -2.27. The molecule has 4 rings (SSSR count). The van der Waals surface area contributed by atoms with Gasteiger partial charge in [-0.25, -0.2) is 0 Å². The van der Waals surface area contributed by atoms with Crippen LogP contribution in [-0.4, -0.2) is 35.4 Å². The van der Waals surface area contributed by atoms with E-state index in [1.807, 2.05) is 37.3 Å². The highest BCUT2D eigenvalue weighted by Gasteiger charge is 2.45. The number of methoxy groups -OCH3 is 1.